The summed E-state index contributed by atoms with van der Waals surface area (Å²) in [4.78, 5) is 6.82. The van der Waals surface area contributed by atoms with E-state index in [0.29, 0.717) is 4.90 Å². The third-order valence-corrected chi connectivity index (χ3v) is 5.11. The van der Waals surface area contributed by atoms with Gasteiger partial charge in [-0.05, 0) is 31.7 Å². The summed E-state index contributed by atoms with van der Waals surface area (Å²) in [5, 5.41) is 2.04. The molecule has 0 aliphatic rings. The van der Waals surface area contributed by atoms with E-state index in [0.717, 1.165) is 17.8 Å². The Morgan fingerprint density at radius 2 is 1.95 bits per heavy atom. The third kappa shape index (κ3) is 3.65. The second kappa shape index (κ2) is 6.03. The van der Waals surface area contributed by atoms with Crippen molar-refractivity contribution in [2.24, 2.45) is 0 Å². The van der Waals surface area contributed by atoms with Crippen LogP contribution in [0.25, 0.3) is 0 Å². The highest BCUT2D eigenvalue weighted by Gasteiger charge is 2.14. The van der Waals surface area contributed by atoms with E-state index in [4.69, 9.17) is 0 Å². The normalized spacial score (nSPS) is 13.6. The van der Waals surface area contributed by atoms with Gasteiger partial charge >= 0.3 is 0 Å². The minimum absolute atomic E-state index is 0.199. The molecule has 1 aromatic heterocycles. The Morgan fingerprint density at radius 3 is 2.45 bits per heavy atom. The average molecular weight is 310 g/mol. The van der Waals surface area contributed by atoms with Gasteiger partial charge in [0.15, 0.2) is 9.84 Å². The maximum atomic E-state index is 11.4. The summed E-state index contributed by atoms with van der Waals surface area (Å²) in [7, 11) is -1.09. The van der Waals surface area contributed by atoms with Crippen molar-refractivity contribution in [2.45, 2.75) is 24.4 Å². The summed E-state index contributed by atoms with van der Waals surface area (Å²) in [6.07, 6.45) is 1.22. The van der Waals surface area contributed by atoms with E-state index in [1.165, 1.54) is 6.26 Å². The van der Waals surface area contributed by atoms with Gasteiger partial charge in [-0.3, -0.25) is 4.90 Å². The molecule has 0 aliphatic heterocycles. The molecular formula is C14H18N2O2S2. The number of rotatable bonds is 5. The van der Waals surface area contributed by atoms with E-state index in [1.54, 1.807) is 23.5 Å². The van der Waals surface area contributed by atoms with Gasteiger partial charge in [0.2, 0.25) is 0 Å². The van der Waals surface area contributed by atoms with Gasteiger partial charge in [0.25, 0.3) is 0 Å². The minimum Gasteiger partial charge on any atom is -0.294 e. The number of benzene rings is 1. The van der Waals surface area contributed by atoms with E-state index >= 15 is 0 Å². The third-order valence-electron chi connectivity index (χ3n) is 3.35. The number of aromatic nitrogens is 1. The van der Waals surface area contributed by atoms with Crippen LogP contribution in [0.3, 0.4) is 0 Å². The number of thiazole rings is 1. The van der Waals surface area contributed by atoms with E-state index < -0.39 is 9.84 Å². The largest absolute Gasteiger partial charge is 0.294 e. The zero-order valence-corrected chi connectivity index (χ0v) is 13.4. The number of hydrogen-bond donors (Lipinski definition) is 0. The molecule has 6 heteroatoms. The number of sulfone groups is 1. The highest BCUT2D eigenvalue weighted by molar-refractivity contribution is 7.90. The van der Waals surface area contributed by atoms with Gasteiger partial charge < -0.3 is 0 Å². The first kappa shape index (κ1) is 15.2. The fraction of sp³-hybridized carbons (Fsp3) is 0.357. The lowest BCUT2D eigenvalue weighted by molar-refractivity contribution is 0.250. The van der Waals surface area contributed by atoms with Crippen molar-refractivity contribution in [3.8, 4) is 0 Å². The first-order valence-corrected chi connectivity index (χ1v) is 9.08. The van der Waals surface area contributed by atoms with Gasteiger partial charge in [0.1, 0.15) is 0 Å². The van der Waals surface area contributed by atoms with Crippen LogP contribution < -0.4 is 0 Å². The summed E-state index contributed by atoms with van der Waals surface area (Å²) in [5.41, 5.74) is 3.97. The molecule has 1 aromatic carbocycles. The van der Waals surface area contributed by atoms with E-state index in [1.807, 2.05) is 30.1 Å². The number of nitrogens with zero attached hydrogens (tertiary/aromatic N) is 2. The summed E-state index contributed by atoms with van der Waals surface area (Å²) < 4.78 is 22.9. The lowest BCUT2D eigenvalue weighted by atomic mass is 10.1. The first-order valence-electron chi connectivity index (χ1n) is 6.25. The molecule has 0 bridgehead atoms. The van der Waals surface area contributed by atoms with Gasteiger partial charge in [0.05, 0.1) is 16.1 Å². The Balaban J connectivity index is 2.10. The van der Waals surface area contributed by atoms with Crippen molar-refractivity contribution >= 4 is 21.2 Å². The summed E-state index contributed by atoms with van der Waals surface area (Å²) >= 11 is 1.59. The maximum Gasteiger partial charge on any atom is 0.175 e. The van der Waals surface area contributed by atoms with Crippen molar-refractivity contribution in [3.63, 3.8) is 0 Å². The van der Waals surface area contributed by atoms with Crippen LogP contribution in [0.5, 0.6) is 0 Å². The second-order valence-corrected chi connectivity index (χ2v) is 7.65. The number of hydrogen-bond acceptors (Lipinski definition) is 5. The highest BCUT2D eigenvalue weighted by atomic mass is 32.2. The Hall–Kier alpha value is -1.24. The lowest BCUT2D eigenvalue weighted by Gasteiger charge is -2.24. The topological polar surface area (TPSA) is 50.3 Å². The maximum absolute atomic E-state index is 11.4. The van der Waals surface area contributed by atoms with E-state index in [9.17, 15) is 8.42 Å². The molecule has 0 N–H and O–H groups in total. The Labute approximate surface area is 124 Å². The zero-order valence-electron chi connectivity index (χ0n) is 11.8. The molecule has 2 rings (SSSR count). The standard InChI is InChI=1S/C14H18N2O2S2/c1-11(16(2)8-13-9-19-10-15-13)12-4-6-14(7-5-12)20(3,17)18/h4-7,9-11H,8H2,1-3H3. The molecule has 0 saturated carbocycles. The quantitative estimate of drug-likeness (QED) is 0.852. The van der Waals surface area contributed by atoms with E-state index in [-0.39, 0.29) is 6.04 Å². The molecule has 0 saturated heterocycles. The van der Waals surface area contributed by atoms with Crippen LogP contribution in [-0.2, 0) is 16.4 Å². The van der Waals surface area contributed by atoms with Crippen LogP contribution in [0.1, 0.15) is 24.2 Å². The van der Waals surface area contributed by atoms with Crippen molar-refractivity contribution in [3.05, 3.63) is 46.4 Å². The molecule has 0 spiro atoms. The van der Waals surface area contributed by atoms with Gasteiger partial charge in [-0.15, -0.1) is 11.3 Å². The zero-order chi connectivity index (χ0) is 14.8. The van der Waals surface area contributed by atoms with Gasteiger partial charge in [-0.2, -0.15) is 0 Å². The molecule has 1 unspecified atom stereocenters. The lowest BCUT2D eigenvalue weighted by Crippen LogP contribution is -2.22. The predicted molar refractivity (Wildman–Crippen MR) is 81.5 cm³/mol. The summed E-state index contributed by atoms with van der Waals surface area (Å²) in [6, 6.07) is 7.28. The van der Waals surface area contributed by atoms with Crippen LogP contribution in [0, 0.1) is 0 Å². The van der Waals surface area contributed by atoms with Gasteiger partial charge in [-0.1, -0.05) is 12.1 Å². The van der Waals surface area contributed by atoms with E-state index in [2.05, 4.69) is 16.8 Å². The van der Waals surface area contributed by atoms with Crippen molar-refractivity contribution in [1.82, 2.24) is 9.88 Å². The van der Waals surface area contributed by atoms with Crippen molar-refractivity contribution in [1.29, 1.82) is 0 Å². The van der Waals surface area contributed by atoms with Crippen LogP contribution in [0.2, 0.25) is 0 Å². The fourth-order valence-corrected chi connectivity index (χ4v) is 3.14. The molecule has 0 amide bonds. The molecule has 1 atom stereocenters. The monoisotopic (exact) mass is 310 g/mol. The average Bonchev–Trinajstić information content (AvgIpc) is 2.90. The Morgan fingerprint density at radius 1 is 1.30 bits per heavy atom. The smallest absolute Gasteiger partial charge is 0.175 e. The molecule has 108 valence electrons. The van der Waals surface area contributed by atoms with Crippen molar-refractivity contribution < 1.29 is 8.42 Å². The minimum atomic E-state index is -3.13. The molecule has 2 aromatic rings. The SMILES string of the molecule is CC(c1ccc(S(C)(=O)=O)cc1)N(C)Cc1cscn1. The van der Waals surface area contributed by atoms with Crippen molar-refractivity contribution in [2.75, 3.05) is 13.3 Å². The van der Waals surface area contributed by atoms with Crippen LogP contribution >= 0.6 is 11.3 Å². The van der Waals surface area contributed by atoms with Gasteiger partial charge in [-0.25, -0.2) is 13.4 Å². The highest BCUT2D eigenvalue weighted by Crippen LogP contribution is 2.22. The predicted octanol–water partition coefficient (Wildman–Crippen LogP) is 2.74. The molecule has 4 nitrogen and oxygen atoms in total. The molecule has 0 aliphatic carbocycles. The molecule has 1 heterocycles. The summed E-state index contributed by atoms with van der Waals surface area (Å²) in [6.45, 7) is 2.88. The molecule has 0 fully saturated rings. The van der Waals surface area contributed by atoms with Crippen LogP contribution in [0.15, 0.2) is 40.1 Å². The molecular weight excluding hydrogens is 292 g/mol. The first-order chi connectivity index (χ1) is 9.38. The second-order valence-electron chi connectivity index (χ2n) is 4.91. The Bertz CT molecular complexity index is 649. The fourth-order valence-electron chi connectivity index (χ4n) is 1.96. The van der Waals surface area contributed by atoms with Crippen LogP contribution in [-0.4, -0.2) is 31.6 Å². The van der Waals surface area contributed by atoms with Crippen LogP contribution in [0.4, 0.5) is 0 Å². The summed E-state index contributed by atoms with van der Waals surface area (Å²) in [5.74, 6) is 0. The Kier molecular flexibility index (Phi) is 4.57. The molecule has 0 radical (unpaired) electrons. The molecule has 20 heavy (non-hydrogen) atoms. The van der Waals surface area contributed by atoms with Gasteiger partial charge in [0, 0.05) is 24.2 Å².